The summed E-state index contributed by atoms with van der Waals surface area (Å²) in [6, 6.07) is 6.22. The number of nitrogens with one attached hydrogen (secondary N) is 1. The summed E-state index contributed by atoms with van der Waals surface area (Å²) >= 11 is 0. The van der Waals surface area contributed by atoms with E-state index < -0.39 is 10.8 Å². The Labute approximate surface area is 119 Å². The van der Waals surface area contributed by atoms with Crippen molar-refractivity contribution < 1.29 is 9.72 Å². The summed E-state index contributed by atoms with van der Waals surface area (Å²) < 4.78 is 1.46. The number of rotatable bonds is 6. The van der Waals surface area contributed by atoms with Gasteiger partial charge in [-0.2, -0.15) is 0 Å². The Kier molecular flexibility index (Phi) is 4.57. The molecule has 0 aliphatic rings. The first-order chi connectivity index (χ1) is 10.1. The fraction of sp³-hybridized carbons (Fsp3) is 0.250. The minimum Gasteiger partial charge on any atom is -0.346 e. The van der Waals surface area contributed by atoms with Gasteiger partial charge >= 0.3 is 0 Å². The van der Waals surface area contributed by atoms with Gasteiger partial charge in [-0.15, -0.1) is 5.10 Å². The zero-order valence-corrected chi connectivity index (χ0v) is 11.1. The molecule has 1 heterocycles. The molecule has 0 fully saturated rings. The average Bonchev–Trinajstić information content (AvgIpc) is 2.94. The largest absolute Gasteiger partial charge is 0.346 e. The van der Waals surface area contributed by atoms with Crippen LogP contribution in [0.1, 0.15) is 16.1 Å². The number of para-hydroxylation sites is 1. The third-order valence-corrected chi connectivity index (χ3v) is 2.76. The molecule has 1 aromatic carbocycles. The number of nitro groups is 1. The van der Waals surface area contributed by atoms with Gasteiger partial charge in [-0.05, 0) is 0 Å². The van der Waals surface area contributed by atoms with Gasteiger partial charge in [0.2, 0.25) is 0 Å². The molecule has 21 heavy (non-hydrogen) atoms. The Bertz CT molecular complexity index is 654. The number of benzene rings is 1. The van der Waals surface area contributed by atoms with E-state index in [2.05, 4.69) is 15.6 Å². The summed E-state index contributed by atoms with van der Waals surface area (Å²) in [6.07, 6.45) is 1.47. The van der Waals surface area contributed by atoms with E-state index in [1.165, 1.54) is 16.9 Å². The molecule has 0 saturated carbocycles. The van der Waals surface area contributed by atoms with Crippen molar-refractivity contribution in [3.05, 3.63) is 51.8 Å². The molecule has 0 unspecified atom stereocenters. The van der Waals surface area contributed by atoms with Crippen LogP contribution < -0.4 is 11.1 Å². The highest BCUT2D eigenvalue weighted by Crippen LogP contribution is 2.17. The summed E-state index contributed by atoms with van der Waals surface area (Å²) in [5.74, 6) is -0.448. The third-order valence-electron chi connectivity index (χ3n) is 2.76. The normalized spacial score (nSPS) is 10.3. The van der Waals surface area contributed by atoms with Gasteiger partial charge in [0.05, 0.1) is 17.7 Å². The van der Waals surface area contributed by atoms with Crippen molar-refractivity contribution in [3.63, 3.8) is 0 Å². The Morgan fingerprint density at radius 3 is 2.90 bits per heavy atom. The van der Waals surface area contributed by atoms with Crippen molar-refractivity contribution in [1.29, 1.82) is 0 Å². The fourth-order valence-electron chi connectivity index (χ4n) is 1.75. The molecule has 1 aromatic heterocycles. The van der Waals surface area contributed by atoms with Gasteiger partial charge in [-0.1, -0.05) is 23.4 Å². The number of nitrogens with zero attached hydrogens (tertiary/aromatic N) is 4. The Hall–Kier alpha value is -2.81. The predicted octanol–water partition coefficient (Wildman–Crippen LogP) is 0.0750. The molecule has 0 bridgehead atoms. The molecule has 110 valence electrons. The van der Waals surface area contributed by atoms with E-state index in [9.17, 15) is 14.9 Å². The van der Waals surface area contributed by atoms with Gasteiger partial charge < -0.3 is 11.1 Å². The van der Waals surface area contributed by atoms with Gasteiger partial charge in [0, 0.05) is 24.7 Å². The van der Waals surface area contributed by atoms with E-state index >= 15 is 0 Å². The van der Waals surface area contributed by atoms with Crippen LogP contribution in [0.2, 0.25) is 0 Å². The number of hydrogen-bond donors (Lipinski definition) is 2. The van der Waals surface area contributed by atoms with Crippen LogP contribution in [-0.2, 0) is 13.1 Å². The van der Waals surface area contributed by atoms with Crippen LogP contribution >= 0.6 is 0 Å². The predicted molar refractivity (Wildman–Crippen MR) is 73.3 cm³/mol. The van der Waals surface area contributed by atoms with E-state index in [0.29, 0.717) is 18.7 Å². The highest BCUT2D eigenvalue weighted by Gasteiger charge is 2.15. The second kappa shape index (κ2) is 6.57. The standard InChI is InChI=1S/C12H14N6O3/c13-5-6-17-8-10(15-16-17)12(19)14-7-9-3-1-2-4-11(9)18(20)21/h1-4,8H,5-7,13H2,(H,14,19). The molecule has 0 aliphatic carbocycles. The molecule has 2 aromatic rings. The topological polar surface area (TPSA) is 129 Å². The van der Waals surface area contributed by atoms with E-state index in [1.54, 1.807) is 18.2 Å². The molecular weight excluding hydrogens is 276 g/mol. The molecule has 0 atom stereocenters. The number of hydrogen-bond acceptors (Lipinski definition) is 6. The van der Waals surface area contributed by atoms with Crippen molar-refractivity contribution >= 4 is 11.6 Å². The lowest BCUT2D eigenvalue weighted by Crippen LogP contribution is -2.23. The molecule has 0 saturated heterocycles. The maximum atomic E-state index is 11.9. The molecule has 1 amide bonds. The Morgan fingerprint density at radius 2 is 2.19 bits per heavy atom. The van der Waals surface area contributed by atoms with Gasteiger partial charge in [0.15, 0.2) is 5.69 Å². The van der Waals surface area contributed by atoms with Crippen LogP contribution in [-0.4, -0.2) is 32.4 Å². The molecule has 9 nitrogen and oxygen atoms in total. The number of amides is 1. The number of carbonyl (C=O) groups is 1. The summed E-state index contributed by atoms with van der Waals surface area (Å²) in [6.45, 7) is 0.894. The fourth-order valence-corrected chi connectivity index (χ4v) is 1.75. The molecule has 9 heteroatoms. The van der Waals surface area contributed by atoms with Gasteiger partial charge in [-0.3, -0.25) is 19.6 Å². The third kappa shape index (κ3) is 3.60. The number of nitro benzene ring substituents is 1. The molecular formula is C12H14N6O3. The zero-order chi connectivity index (χ0) is 15.2. The second-order valence-electron chi connectivity index (χ2n) is 4.22. The molecule has 0 aliphatic heterocycles. The van der Waals surface area contributed by atoms with Crippen LogP contribution in [0.15, 0.2) is 30.5 Å². The van der Waals surface area contributed by atoms with Crippen molar-refractivity contribution in [3.8, 4) is 0 Å². The summed E-state index contributed by atoms with van der Waals surface area (Å²) in [4.78, 5) is 22.3. The lowest BCUT2D eigenvalue weighted by atomic mass is 10.2. The Morgan fingerprint density at radius 1 is 1.43 bits per heavy atom. The highest BCUT2D eigenvalue weighted by atomic mass is 16.6. The minimum atomic E-state index is -0.487. The monoisotopic (exact) mass is 290 g/mol. The Balaban J connectivity index is 2.02. The summed E-state index contributed by atoms with van der Waals surface area (Å²) in [5.41, 5.74) is 5.90. The minimum absolute atomic E-state index is 0.0374. The number of nitrogens with two attached hydrogens (primary N) is 1. The quantitative estimate of drug-likeness (QED) is 0.572. The van der Waals surface area contributed by atoms with Crippen molar-refractivity contribution in [1.82, 2.24) is 20.3 Å². The number of aromatic nitrogens is 3. The van der Waals surface area contributed by atoms with Crippen molar-refractivity contribution in [2.75, 3.05) is 6.54 Å². The molecule has 2 rings (SSSR count). The maximum Gasteiger partial charge on any atom is 0.274 e. The first-order valence-electron chi connectivity index (χ1n) is 6.22. The first kappa shape index (κ1) is 14.6. The van der Waals surface area contributed by atoms with E-state index in [4.69, 9.17) is 5.73 Å². The van der Waals surface area contributed by atoms with Crippen LogP contribution in [0.4, 0.5) is 5.69 Å². The van der Waals surface area contributed by atoms with E-state index in [-0.39, 0.29) is 17.9 Å². The molecule has 0 spiro atoms. The SMILES string of the molecule is NCCn1cc(C(=O)NCc2ccccc2[N+](=O)[O-])nn1. The lowest BCUT2D eigenvalue weighted by Gasteiger charge is -2.04. The summed E-state index contributed by atoms with van der Waals surface area (Å²) in [5, 5.41) is 20.9. The van der Waals surface area contributed by atoms with Crippen LogP contribution in [0.5, 0.6) is 0 Å². The van der Waals surface area contributed by atoms with Gasteiger partial charge in [0.1, 0.15) is 0 Å². The first-order valence-corrected chi connectivity index (χ1v) is 6.22. The second-order valence-corrected chi connectivity index (χ2v) is 4.22. The van der Waals surface area contributed by atoms with E-state index in [0.717, 1.165) is 0 Å². The van der Waals surface area contributed by atoms with Crippen LogP contribution in [0, 0.1) is 10.1 Å². The zero-order valence-electron chi connectivity index (χ0n) is 11.1. The molecule has 3 N–H and O–H groups in total. The van der Waals surface area contributed by atoms with Gasteiger partial charge in [-0.25, -0.2) is 0 Å². The van der Waals surface area contributed by atoms with Crippen LogP contribution in [0.3, 0.4) is 0 Å². The maximum absolute atomic E-state index is 11.9. The van der Waals surface area contributed by atoms with Crippen molar-refractivity contribution in [2.45, 2.75) is 13.1 Å². The van der Waals surface area contributed by atoms with E-state index in [1.807, 2.05) is 0 Å². The van der Waals surface area contributed by atoms with Crippen LogP contribution in [0.25, 0.3) is 0 Å². The number of carbonyl (C=O) groups excluding carboxylic acids is 1. The lowest BCUT2D eigenvalue weighted by molar-refractivity contribution is -0.385. The highest BCUT2D eigenvalue weighted by molar-refractivity contribution is 5.91. The summed E-state index contributed by atoms with van der Waals surface area (Å²) in [7, 11) is 0. The van der Waals surface area contributed by atoms with Crippen molar-refractivity contribution in [2.24, 2.45) is 5.73 Å². The smallest absolute Gasteiger partial charge is 0.274 e. The molecule has 0 radical (unpaired) electrons. The van der Waals surface area contributed by atoms with Gasteiger partial charge in [0.25, 0.3) is 11.6 Å². The average molecular weight is 290 g/mol.